The molecule has 0 spiro atoms. The van der Waals surface area contributed by atoms with Gasteiger partial charge in [-0.3, -0.25) is 0 Å². The van der Waals surface area contributed by atoms with Gasteiger partial charge in [0.25, 0.3) is 0 Å². The second-order valence-electron chi connectivity index (χ2n) is 6.28. The number of hydrogen-bond acceptors (Lipinski definition) is 3. The van der Waals surface area contributed by atoms with Gasteiger partial charge in [0.1, 0.15) is 12.4 Å². The molecule has 0 bridgehead atoms. The number of carbonyl (C=O) groups excluding carboxylic acids is 1. The SMILES string of the molecule is CC(O)CC(C)CNC(=O)Nc1ccccc1COc1ccccc1. The molecule has 134 valence electrons. The second-order valence-corrected chi connectivity index (χ2v) is 6.28. The van der Waals surface area contributed by atoms with Crippen molar-refractivity contribution in [3.63, 3.8) is 0 Å². The zero-order valence-corrected chi connectivity index (χ0v) is 14.7. The fourth-order valence-corrected chi connectivity index (χ4v) is 2.55. The molecule has 2 amide bonds. The first kappa shape index (κ1) is 18.8. The van der Waals surface area contributed by atoms with E-state index in [0.29, 0.717) is 19.6 Å². The van der Waals surface area contributed by atoms with E-state index in [-0.39, 0.29) is 18.1 Å². The van der Waals surface area contributed by atoms with E-state index < -0.39 is 0 Å². The van der Waals surface area contributed by atoms with Crippen molar-refractivity contribution in [2.24, 2.45) is 5.92 Å². The molecule has 2 aromatic rings. The van der Waals surface area contributed by atoms with E-state index in [1.165, 1.54) is 0 Å². The number of ether oxygens (including phenoxy) is 1. The summed E-state index contributed by atoms with van der Waals surface area (Å²) >= 11 is 0. The molecule has 0 aliphatic rings. The summed E-state index contributed by atoms with van der Waals surface area (Å²) in [6.45, 7) is 4.63. The van der Waals surface area contributed by atoms with E-state index >= 15 is 0 Å². The molecule has 0 radical (unpaired) electrons. The van der Waals surface area contributed by atoms with Crippen molar-refractivity contribution in [1.29, 1.82) is 0 Å². The van der Waals surface area contributed by atoms with E-state index in [9.17, 15) is 9.90 Å². The molecule has 0 saturated carbocycles. The van der Waals surface area contributed by atoms with Crippen LogP contribution in [-0.4, -0.2) is 23.8 Å². The fourth-order valence-electron chi connectivity index (χ4n) is 2.55. The van der Waals surface area contributed by atoms with Crippen LogP contribution in [0.3, 0.4) is 0 Å². The zero-order chi connectivity index (χ0) is 18.1. The molecule has 2 aromatic carbocycles. The lowest BCUT2D eigenvalue weighted by Crippen LogP contribution is -2.33. The largest absolute Gasteiger partial charge is 0.489 e. The quantitative estimate of drug-likeness (QED) is 0.683. The lowest BCUT2D eigenvalue weighted by molar-refractivity contribution is 0.163. The molecule has 0 heterocycles. The minimum atomic E-state index is -0.365. The number of aliphatic hydroxyl groups is 1. The number of amides is 2. The smallest absolute Gasteiger partial charge is 0.319 e. The minimum Gasteiger partial charge on any atom is -0.489 e. The normalized spacial score (nSPS) is 12.9. The molecule has 5 nitrogen and oxygen atoms in total. The maximum Gasteiger partial charge on any atom is 0.319 e. The van der Waals surface area contributed by atoms with Crippen LogP contribution in [0, 0.1) is 5.92 Å². The van der Waals surface area contributed by atoms with Gasteiger partial charge in [-0.1, -0.05) is 43.3 Å². The highest BCUT2D eigenvalue weighted by Gasteiger charge is 2.10. The van der Waals surface area contributed by atoms with Crippen LogP contribution in [0.4, 0.5) is 10.5 Å². The molecular formula is C20H26N2O3. The fraction of sp³-hybridized carbons (Fsp3) is 0.350. The Labute approximate surface area is 149 Å². The van der Waals surface area contributed by atoms with Crippen LogP contribution >= 0.6 is 0 Å². The van der Waals surface area contributed by atoms with Gasteiger partial charge in [-0.05, 0) is 37.5 Å². The summed E-state index contributed by atoms with van der Waals surface area (Å²) in [4.78, 5) is 12.1. The lowest BCUT2D eigenvalue weighted by Gasteiger charge is -2.16. The van der Waals surface area contributed by atoms with Crippen LogP contribution < -0.4 is 15.4 Å². The molecule has 2 unspecified atom stereocenters. The minimum absolute atomic E-state index is 0.211. The summed E-state index contributed by atoms with van der Waals surface area (Å²) in [6.07, 6.45) is 0.289. The Morgan fingerprint density at radius 1 is 1.08 bits per heavy atom. The van der Waals surface area contributed by atoms with Crippen LogP contribution in [0.5, 0.6) is 5.75 Å². The Balaban J connectivity index is 1.88. The van der Waals surface area contributed by atoms with Crippen LogP contribution in [0.2, 0.25) is 0 Å². The van der Waals surface area contributed by atoms with E-state index in [1.54, 1.807) is 6.92 Å². The number of benzene rings is 2. The number of para-hydroxylation sites is 2. The Morgan fingerprint density at radius 3 is 2.48 bits per heavy atom. The summed E-state index contributed by atoms with van der Waals surface area (Å²) in [5, 5.41) is 15.1. The predicted molar refractivity (Wildman–Crippen MR) is 99.7 cm³/mol. The van der Waals surface area contributed by atoms with Gasteiger partial charge in [0.05, 0.1) is 6.10 Å². The predicted octanol–water partition coefficient (Wildman–Crippen LogP) is 3.79. The molecule has 25 heavy (non-hydrogen) atoms. The third kappa shape index (κ3) is 6.85. The van der Waals surface area contributed by atoms with E-state index in [4.69, 9.17) is 4.74 Å². The highest BCUT2D eigenvalue weighted by molar-refractivity contribution is 5.90. The summed E-state index contributed by atoms with van der Waals surface area (Å²) in [5.41, 5.74) is 1.62. The summed E-state index contributed by atoms with van der Waals surface area (Å²) < 4.78 is 5.76. The number of anilines is 1. The van der Waals surface area contributed by atoms with Gasteiger partial charge in [-0.2, -0.15) is 0 Å². The van der Waals surface area contributed by atoms with Crippen molar-refractivity contribution in [1.82, 2.24) is 5.32 Å². The summed E-state index contributed by atoms with van der Waals surface area (Å²) in [5.74, 6) is 0.996. The third-order valence-electron chi connectivity index (χ3n) is 3.76. The van der Waals surface area contributed by atoms with E-state index in [1.807, 2.05) is 61.5 Å². The van der Waals surface area contributed by atoms with Crippen LogP contribution in [-0.2, 0) is 6.61 Å². The first-order chi connectivity index (χ1) is 12.0. The van der Waals surface area contributed by atoms with Crippen molar-refractivity contribution >= 4 is 11.7 Å². The first-order valence-corrected chi connectivity index (χ1v) is 8.53. The monoisotopic (exact) mass is 342 g/mol. The first-order valence-electron chi connectivity index (χ1n) is 8.53. The molecule has 5 heteroatoms. The number of hydrogen-bond donors (Lipinski definition) is 3. The van der Waals surface area contributed by atoms with E-state index in [0.717, 1.165) is 17.0 Å². The molecule has 3 N–H and O–H groups in total. The van der Waals surface area contributed by atoms with Crippen molar-refractivity contribution < 1.29 is 14.6 Å². The van der Waals surface area contributed by atoms with Crippen LogP contribution in [0.25, 0.3) is 0 Å². The van der Waals surface area contributed by atoms with E-state index in [2.05, 4.69) is 10.6 Å². The summed E-state index contributed by atoms with van der Waals surface area (Å²) in [6, 6.07) is 16.9. The third-order valence-corrected chi connectivity index (χ3v) is 3.76. The topological polar surface area (TPSA) is 70.6 Å². The molecule has 2 rings (SSSR count). The van der Waals surface area contributed by atoms with Gasteiger partial charge in [0, 0.05) is 17.8 Å². The standard InChI is InChI=1S/C20H26N2O3/c1-15(12-16(2)23)13-21-20(24)22-19-11-7-6-8-17(19)14-25-18-9-4-3-5-10-18/h3-11,15-16,23H,12-14H2,1-2H3,(H2,21,22,24). The second kappa shape index (κ2) is 9.69. The van der Waals surface area contributed by atoms with Crippen molar-refractivity contribution in [2.45, 2.75) is 33.0 Å². The van der Waals surface area contributed by atoms with Gasteiger partial charge in [0.2, 0.25) is 0 Å². The lowest BCUT2D eigenvalue weighted by atomic mass is 10.1. The van der Waals surface area contributed by atoms with Gasteiger partial charge in [-0.25, -0.2) is 4.79 Å². The number of rotatable bonds is 8. The van der Waals surface area contributed by atoms with Gasteiger partial charge < -0.3 is 20.5 Å². The Hall–Kier alpha value is -2.53. The summed E-state index contributed by atoms with van der Waals surface area (Å²) in [7, 11) is 0. The number of aliphatic hydroxyl groups excluding tert-OH is 1. The highest BCUT2D eigenvalue weighted by atomic mass is 16.5. The molecule has 0 fully saturated rings. The highest BCUT2D eigenvalue weighted by Crippen LogP contribution is 2.18. The molecular weight excluding hydrogens is 316 g/mol. The molecule has 0 aliphatic carbocycles. The Kier molecular flexibility index (Phi) is 7.29. The maximum absolute atomic E-state index is 12.1. The average molecular weight is 342 g/mol. The van der Waals surface area contributed by atoms with Crippen molar-refractivity contribution in [2.75, 3.05) is 11.9 Å². The van der Waals surface area contributed by atoms with Gasteiger partial charge in [0.15, 0.2) is 0 Å². The number of urea groups is 1. The molecule has 0 saturated heterocycles. The van der Waals surface area contributed by atoms with Crippen LogP contribution in [0.15, 0.2) is 54.6 Å². The Morgan fingerprint density at radius 2 is 1.76 bits per heavy atom. The maximum atomic E-state index is 12.1. The van der Waals surface area contributed by atoms with Crippen molar-refractivity contribution in [3.8, 4) is 5.75 Å². The molecule has 0 aromatic heterocycles. The number of nitrogens with one attached hydrogen (secondary N) is 2. The Bertz CT molecular complexity index is 659. The van der Waals surface area contributed by atoms with Gasteiger partial charge >= 0.3 is 6.03 Å². The molecule has 0 aliphatic heterocycles. The molecule has 2 atom stereocenters. The van der Waals surface area contributed by atoms with Gasteiger partial charge in [-0.15, -0.1) is 0 Å². The average Bonchev–Trinajstić information content (AvgIpc) is 2.59. The number of carbonyl (C=O) groups is 1. The van der Waals surface area contributed by atoms with Crippen LogP contribution in [0.1, 0.15) is 25.8 Å². The zero-order valence-electron chi connectivity index (χ0n) is 14.7. The van der Waals surface area contributed by atoms with Crippen molar-refractivity contribution in [3.05, 3.63) is 60.2 Å².